The number of guanidine groups is 1. The lowest BCUT2D eigenvalue weighted by Gasteiger charge is -2.40. The van der Waals surface area contributed by atoms with Crippen LogP contribution in [0.3, 0.4) is 0 Å². The van der Waals surface area contributed by atoms with E-state index in [4.69, 9.17) is 4.74 Å². The monoisotopic (exact) mass is 550 g/mol. The standard InChI is InChI=1S/C21H34N4O3S.HI/c1-17-6-5-7-18(14-17)19(24-8-11-28-12-9-24)15-23-20(22-4)25-10-13-29(26,27)21(2,3)16-25;/h5-7,14,19H,8-13,15-16H2,1-4H3,(H,22,23);1H. The van der Waals surface area contributed by atoms with Crippen LogP contribution in [-0.2, 0) is 14.6 Å². The highest BCUT2D eigenvalue weighted by Crippen LogP contribution is 2.25. The smallest absolute Gasteiger partial charge is 0.193 e. The molecule has 9 heteroatoms. The fourth-order valence-corrected chi connectivity index (χ4v) is 5.43. The lowest BCUT2D eigenvalue weighted by Crippen LogP contribution is -2.58. The zero-order valence-corrected chi connectivity index (χ0v) is 21.6. The van der Waals surface area contributed by atoms with E-state index < -0.39 is 14.6 Å². The molecule has 2 heterocycles. The Morgan fingerprint density at radius 1 is 1.27 bits per heavy atom. The maximum atomic E-state index is 12.3. The molecule has 3 rings (SSSR count). The van der Waals surface area contributed by atoms with E-state index in [0.29, 0.717) is 19.6 Å². The maximum Gasteiger partial charge on any atom is 0.193 e. The predicted molar refractivity (Wildman–Crippen MR) is 133 cm³/mol. The summed E-state index contributed by atoms with van der Waals surface area (Å²) >= 11 is 0. The summed E-state index contributed by atoms with van der Waals surface area (Å²) in [7, 11) is -1.32. The highest BCUT2D eigenvalue weighted by atomic mass is 127. The third-order valence-corrected chi connectivity index (χ3v) is 8.45. The van der Waals surface area contributed by atoms with Crippen LogP contribution in [0.25, 0.3) is 0 Å². The van der Waals surface area contributed by atoms with Gasteiger partial charge in [0.2, 0.25) is 0 Å². The van der Waals surface area contributed by atoms with E-state index in [1.165, 1.54) is 11.1 Å². The number of sulfone groups is 1. The molecule has 0 aliphatic carbocycles. The summed E-state index contributed by atoms with van der Waals surface area (Å²) in [5, 5.41) is 3.52. The number of hydrogen-bond acceptors (Lipinski definition) is 5. The molecule has 1 unspecified atom stereocenters. The molecule has 2 aliphatic heterocycles. The molecule has 2 saturated heterocycles. The Labute approximate surface area is 198 Å². The number of aliphatic imine (C=N–C) groups is 1. The van der Waals surface area contributed by atoms with E-state index in [2.05, 4.69) is 51.3 Å². The van der Waals surface area contributed by atoms with E-state index in [-0.39, 0.29) is 35.8 Å². The van der Waals surface area contributed by atoms with Crippen molar-refractivity contribution in [3.05, 3.63) is 35.4 Å². The highest BCUT2D eigenvalue weighted by Gasteiger charge is 2.41. The fourth-order valence-electron chi connectivity index (χ4n) is 4.07. The Kier molecular flexibility index (Phi) is 8.96. The molecular formula is C21H35IN4O3S. The van der Waals surface area contributed by atoms with Gasteiger partial charge in [0, 0.05) is 39.8 Å². The first kappa shape index (κ1) is 25.4. The molecule has 0 spiro atoms. The summed E-state index contributed by atoms with van der Waals surface area (Å²) in [6.07, 6.45) is 0. The first-order valence-electron chi connectivity index (χ1n) is 10.3. The Balaban J connectivity index is 0.00000320. The van der Waals surface area contributed by atoms with E-state index in [0.717, 1.165) is 32.3 Å². The first-order valence-corrected chi connectivity index (χ1v) is 11.9. The molecule has 1 atom stereocenters. The van der Waals surface area contributed by atoms with Gasteiger partial charge in [-0.1, -0.05) is 29.8 Å². The van der Waals surface area contributed by atoms with Crippen molar-refractivity contribution in [1.29, 1.82) is 0 Å². The van der Waals surface area contributed by atoms with E-state index in [1.54, 1.807) is 20.9 Å². The summed E-state index contributed by atoms with van der Waals surface area (Å²) in [6, 6.07) is 8.83. The van der Waals surface area contributed by atoms with Crippen LogP contribution >= 0.6 is 24.0 Å². The SMILES string of the molecule is CN=C(NCC(c1cccc(C)c1)N1CCOCC1)N1CCS(=O)(=O)C(C)(C)C1.I. The minimum Gasteiger partial charge on any atom is -0.379 e. The summed E-state index contributed by atoms with van der Waals surface area (Å²) in [5.41, 5.74) is 2.52. The van der Waals surface area contributed by atoms with Gasteiger partial charge in [0.25, 0.3) is 0 Å². The number of aryl methyl sites for hydroxylation is 1. The second kappa shape index (κ2) is 10.6. The molecule has 30 heavy (non-hydrogen) atoms. The number of benzene rings is 1. The summed E-state index contributed by atoms with van der Waals surface area (Å²) in [5.74, 6) is 0.921. The zero-order chi connectivity index (χ0) is 21.1. The summed E-state index contributed by atoms with van der Waals surface area (Å²) < 4.78 is 29.5. The van der Waals surface area contributed by atoms with Gasteiger partial charge in [0.15, 0.2) is 15.8 Å². The van der Waals surface area contributed by atoms with Gasteiger partial charge in [0.1, 0.15) is 0 Å². The number of hydrogen-bond donors (Lipinski definition) is 1. The van der Waals surface area contributed by atoms with Crippen LogP contribution in [0.2, 0.25) is 0 Å². The van der Waals surface area contributed by atoms with Gasteiger partial charge in [-0.2, -0.15) is 0 Å². The highest BCUT2D eigenvalue weighted by molar-refractivity contribution is 14.0. The van der Waals surface area contributed by atoms with Crippen LogP contribution in [0.1, 0.15) is 31.0 Å². The molecule has 1 aromatic carbocycles. The van der Waals surface area contributed by atoms with Crippen LogP contribution in [0.15, 0.2) is 29.3 Å². The Bertz CT molecular complexity index is 838. The molecule has 0 amide bonds. The largest absolute Gasteiger partial charge is 0.379 e. The first-order chi connectivity index (χ1) is 13.7. The number of morpholine rings is 1. The van der Waals surface area contributed by atoms with Crippen molar-refractivity contribution < 1.29 is 13.2 Å². The zero-order valence-electron chi connectivity index (χ0n) is 18.4. The van der Waals surface area contributed by atoms with Crippen molar-refractivity contribution in [2.75, 3.05) is 58.7 Å². The van der Waals surface area contributed by atoms with Gasteiger partial charge < -0.3 is 15.0 Å². The molecule has 1 N–H and O–H groups in total. The number of ether oxygens (including phenoxy) is 1. The lowest BCUT2D eigenvalue weighted by molar-refractivity contribution is 0.0169. The van der Waals surface area contributed by atoms with Crippen molar-refractivity contribution in [3.8, 4) is 0 Å². The van der Waals surface area contributed by atoms with Crippen LogP contribution in [0, 0.1) is 6.92 Å². The molecule has 170 valence electrons. The third kappa shape index (κ3) is 5.86. The Morgan fingerprint density at radius 2 is 1.97 bits per heavy atom. The van der Waals surface area contributed by atoms with Gasteiger partial charge in [-0.25, -0.2) is 8.42 Å². The van der Waals surface area contributed by atoms with Crippen molar-refractivity contribution in [2.45, 2.75) is 31.6 Å². The maximum absolute atomic E-state index is 12.3. The van der Waals surface area contributed by atoms with Crippen molar-refractivity contribution in [1.82, 2.24) is 15.1 Å². The van der Waals surface area contributed by atoms with Gasteiger partial charge in [-0.3, -0.25) is 9.89 Å². The van der Waals surface area contributed by atoms with Crippen LogP contribution in [0.5, 0.6) is 0 Å². The molecule has 1 aromatic rings. The Morgan fingerprint density at radius 3 is 2.57 bits per heavy atom. The number of halogens is 1. The van der Waals surface area contributed by atoms with Crippen molar-refractivity contribution >= 4 is 39.8 Å². The van der Waals surface area contributed by atoms with Gasteiger partial charge in [-0.05, 0) is 26.3 Å². The van der Waals surface area contributed by atoms with E-state index >= 15 is 0 Å². The quantitative estimate of drug-likeness (QED) is 0.352. The average molecular weight is 551 g/mol. The van der Waals surface area contributed by atoms with Crippen LogP contribution in [0.4, 0.5) is 0 Å². The van der Waals surface area contributed by atoms with E-state index in [9.17, 15) is 8.42 Å². The Hall–Kier alpha value is -0.910. The normalized spacial score (nSPS) is 22.8. The topological polar surface area (TPSA) is 74.2 Å². The molecule has 7 nitrogen and oxygen atoms in total. The van der Waals surface area contributed by atoms with Crippen LogP contribution < -0.4 is 5.32 Å². The number of rotatable bonds is 4. The van der Waals surface area contributed by atoms with Crippen LogP contribution in [-0.4, -0.2) is 87.7 Å². The minimum absolute atomic E-state index is 0. The molecule has 0 bridgehead atoms. The molecule has 0 aromatic heterocycles. The fraction of sp³-hybridized carbons (Fsp3) is 0.667. The molecule has 0 saturated carbocycles. The minimum atomic E-state index is -3.08. The molecule has 0 radical (unpaired) electrons. The van der Waals surface area contributed by atoms with Crippen molar-refractivity contribution in [2.24, 2.45) is 4.99 Å². The summed E-state index contributed by atoms with van der Waals surface area (Å²) in [6.45, 7) is 10.6. The molecule has 2 aliphatic rings. The predicted octanol–water partition coefficient (Wildman–Crippen LogP) is 2.07. The molecule has 2 fully saturated rings. The van der Waals surface area contributed by atoms with Crippen molar-refractivity contribution in [3.63, 3.8) is 0 Å². The van der Waals surface area contributed by atoms with Gasteiger partial charge in [0.05, 0.1) is 29.8 Å². The lowest BCUT2D eigenvalue weighted by atomic mass is 10.0. The molecular weight excluding hydrogens is 515 g/mol. The van der Waals surface area contributed by atoms with Gasteiger partial charge >= 0.3 is 0 Å². The third-order valence-electron chi connectivity index (χ3n) is 5.92. The second-order valence-electron chi connectivity index (χ2n) is 8.51. The number of nitrogens with zero attached hydrogens (tertiary/aromatic N) is 3. The van der Waals surface area contributed by atoms with Gasteiger partial charge in [-0.15, -0.1) is 24.0 Å². The second-order valence-corrected chi connectivity index (χ2v) is 11.2. The van der Waals surface area contributed by atoms with E-state index in [1.807, 2.05) is 0 Å². The summed E-state index contributed by atoms with van der Waals surface area (Å²) in [4.78, 5) is 8.96. The number of nitrogens with one attached hydrogen (secondary N) is 1. The average Bonchev–Trinajstić information content (AvgIpc) is 2.68.